The molecule has 3 fully saturated rings. The Hall–Kier alpha value is -1.41. The van der Waals surface area contributed by atoms with E-state index in [4.69, 9.17) is 0 Å². The van der Waals surface area contributed by atoms with Crippen molar-refractivity contribution in [3.63, 3.8) is 0 Å². The lowest BCUT2D eigenvalue weighted by Gasteiger charge is -2.47. The maximum atomic E-state index is 12.6. The molecule has 3 aliphatic rings. The Morgan fingerprint density at radius 1 is 1.25 bits per heavy atom. The molecule has 2 bridgehead atoms. The summed E-state index contributed by atoms with van der Waals surface area (Å²) in [6.45, 7) is 5.72. The molecule has 4 heterocycles. The number of aromatic nitrogens is 2. The molecule has 8 heteroatoms. The summed E-state index contributed by atoms with van der Waals surface area (Å²) in [7, 11) is 0. The van der Waals surface area contributed by atoms with Crippen molar-refractivity contribution in [2.75, 3.05) is 44.6 Å². The summed E-state index contributed by atoms with van der Waals surface area (Å²) in [6.07, 6.45) is -3.30. The van der Waals surface area contributed by atoms with Crippen LogP contribution in [0.4, 0.5) is 19.1 Å². The average molecular weight is 287 g/mol. The number of anilines is 1. The molecule has 1 N–H and O–H groups in total. The van der Waals surface area contributed by atoms with Gasteiger partial charge in [0.05, 0.1) is 0 Å². The first-order valence-electron chi connectivity index (χ1n) is 6.63. The van der Waals surface area contributed by atoms with Crippen LogP contribution < -0.4 is 5.32 Å². The molecular formula is C12H16F3N5. The molecule has 1 aromatic rings. The zero-order valence-corrected chi connectivity index (χ0v) is 10.9. The number of alkyl halides is 3. The van der Waals surface area contributed by atoms with Gasteiger partial charge in [-0.3, -0.25) is 9.80 Å². The normalized spacial score (nSPS) is 29.4. The van der Waals surface area contributed by atoms with Crippen molar-refractivity contribution in [3.8, 4) is 0 Å². The van der Waals surface area contributed by atoms with Crippen molar-refractivity contribution >= 4 is 5.95 Å². The van der Waals surface area contributed by atoms with Crippen LogP contribution in [0.5, 0.6) is 0 Å². The Balaban J connectivity index is 1.61. The maximum Gasteiger partial charge on any atom is 0.433 e. The van der Waals surface area contributed by atoms with Crippen LogP contribution in [0.1, 0.15) is 5.69 Å². The minimum atomic E-state index is -4.43. The zero-order chi connectivity index (χ0) is 14.2. The first kappa shape index (κ1) is 13.6. The van der Waals surface area contributed by atoms with Gasteiger partial charge in [-0.05, 0) is 6.07 Å². The molecule has 0 aliphatic carbocycles. The number of halogens is 3. The van der Waals surface area contributed by atoms with E-state index in [1.165, 1.54) is 0 Å². The Morgan fingerprint density at radius 2 is 2.00 bits per heavy atom. The van der Waals surface area contributed by atoms with Gasteiger partial charge in [0.25, 0.3) is 0 Å². The third kappa shape index (κ3) is 2.85. The van der Waals surface area contributed by atoms with Crippen molar-refractivity contribution in [1.82, 2.24) is 19.8 Å². The smallest absolute Gasteiger partial charge is 0.353 e. The van der Waals surface area contributed by atoms with Crippen molar-refractivity contribution in [2.24, 2.45) is 0 Å². The van der Waals surface area contributed by atoms with Gasteiger partial charge in [0.15, 0.2) is 0 Å². The zero-order valence-electron chi connectivity index (χ0n) is 10.9. The SMILES string of the molecule is FC(F)(F)c1ccnc(NCC2CN3CCN2CC3)n1. The lowest BCUT2D eigenvalue weighted by atomic mass is 10.1. The van der Waals surface area contributed by atoms with E-state index in [0.29, 0.717) is 12.6 Å². The molecular weight excluding hydrogens is 271 g/mol. The molecule has 4 rings (SSSR count). The third-order valence-electron chi connectivity index (χ3n) is 3.83. The number of hydrogen-bond acceptors (Lipinski definition) is 5. The summed E-state index contributed by atoms with van der Waals surface area (Å²) in [5, 5.41) is 2.92. The first-order valence-corrected chi connectivity index (χ1v) is 6.63. The van der Waals surface area contributed by atoms with E-state index in [9.17, 15) is 13.2 Å². The molecule has 1 atom stereocenters. The molecule has 20 heavy (non-hydrogen) atoms. The maximum absolute atomic E-state index is 12.6. The number of nitrogens with zero attached hydrogens (tertiary/aromatic N) is 4. The van der Waals surface area contributed by atoms with Gasteiger partial charge in [-0.1, -0.05) is 0 Å². The number of hydrogen-bond donors (Lipinski definition) is 1. The van der Waals surface area contributed by atoms with Crippen LogP contribution >= 0.6 is 0 Å². The van der Waals surface area contributed by atoms with Crippen LogP contribution in [0.2, 0.25) is 0 Å². The molecule has 3 aliphatic heterocycles. The van der Waals surface area contributed by atoms with E-state index in [1.54, 1.807) is 0 Å². The minimum absolute atomic E-state index is 0.0393. The van der Waals surface area contributed by atoms with Gasteiger partial charge in [0.2, 0.25) is 5.95 Å². The second kappa shape index (κ2) is 5.17. The van der Waals surface area contributed by atoms with Crippen molar-refractivity contribution < 1.29 is 13.2 Å². The summed E-state index contributed by atoms with van der Waals surface area (Å²) in [6, 6.07) is 1.19. The van der Waals surface area contributed by atoms with Gasteiger partial charge >= 0.3 is 6.18 Å². The van der Waals surface area contributed by atoms with E-state index in [1.807, 2.05) is 0 Å². The van der Waals surface area contributed by atoms with Gasteiger partial charge in [-0.15, -0.1) is 0 Å². The molecule has 0 saturated carbocycles. The molecule has 5 nitrogen and oxygen atoms in total. The largest absolute Gasteiger partial charge is 0.433 e. The van der Waals surface area contributed by atoms with Crippen molar-refractivity contribution in [2.45, 2.75) is 12.2 Å². The molecule has 3 saturated heterocycles. The molecule has 0 radical (unpaired) electrons. The van der Waals surface area contributed by atoms with Crippen molar-refractivity contribution in [3.05, 3.63) is 18.0 Å². The van der Waals surface area contributed by atoms with Crippen LogP contribution in [-0.4, -0.2) is 65.1 Å². The highest BCUT2D eigenvalue weighted by Gasteiger charge is 2.33. The first-order chi connectivity index (χ1) is 9.52. The second-order valence-electron chi connectivity index (χ2n) is 5.13. The van der Waals surface area contributed by atoms with E-state index in [-0.39, 0.29) is 5.95 Å². The quantitative estimate of drug-likeness (QED) is 0.895. The van der Waals surface area contributed by atoms with E-state index >= 15 is 0 Å². The summed E-state index contributed by atoms with van der Waals surface area (Å²) < 4.78 is 37.7. The Morgan fingerprint density at radius 3 is 2.60 bits per heavy atom. The molecule has 0 amide bonds. The van der Waals surface area contributed by atoms with Gasteiger partial charge < -0.3 is 5.32 Å². The van der Waals surface area contributed by atoms with Crippen LogP contribution in [0.25, 0.3) is 0 Å². The van der Waals surface area contributed by atoms with Crippen molar-refractivity contribution in [1.29, 1.82) is 0 Å². The van der Waals surface area contributed by atoms with E-state index < -0.39 is 11.9 Å². The molecule has 0 spiro atoms. The molecule has 110 valence electrons. The highest BCUT2D eigenvalue weighted by atomic mass is 19.4. The summed E-state index contributed by atoms with van der Waals surface area (Å²) >= 11 is 0. The summed E-state index contributed by atoms with van der Waals surface area (Å²) in [5.41, 5.74) is -0.913. The standard InChI is InChI=1S/C12H16F3N5/c13-12(14,15)10-1-2-16-11(18-10)17-7-9-8-19-3-5-20(9)6-4-19/h1-2,9H,3-8H2,(H,16,17,18). The Labute approximate surface area is 114 Å². The van der Waals surface area contributed by atoms with Crippen LogP contribution in [-0.2, 0) is 6.18 Å². The topological polar surface area (TPSA) is 44.3 Å². The van der Waals surface area contributed by atoms with Gasteiger partial charge in [0.1, 0.15) is 5.69 Å². The fraction of sp³-hybridized carbons (Fsp3) is 0.667. The highest BCUT2D eigenvalue weighted by molar-refractivity contribution is 5.26. The third-order valence-corrected chi connectivity index (χ3v) is 3.83. The molecule has 1 aromatic heterocycles. The minimum Gasteiger partial charge on any atom is -0.353 e. The monoisotopic (exact) mass is 287 g/mol. The van der Waals surface area contributed by atoms with Crippen LogP contribution in [0.15, 0.2) is 12.3 Å². The average Bonchev–Trinajstić information content (AvgIpc) is 2.46. The lowest BCUT2D eigenvalue weighted by Crippen LogP contribution is -2.62. The fourth-order valence-corrected chi connectivity index (χ4v) is 2.73. The number of fused-ring (bicyclic) bond motifs is 3. The predicted octanol–water partition coefficient (Wildman–Crippen LogP) is 0.907. The summed E-state index contributed by atoms with van der Waals surface area (Å²) in [4.78, 5) is 12.1. The van der Waals surface area contributed by atoms with Gasteiger partial charge in [-0.25, -0.2) is 9.97 Å². The van der Waals surface area contributed by atoms with E-state index in [2.05, 4.69) is 25.1 Å². The van der Waals surface area contributed by atoms with Crippen LogP contribution in [0, 0.1) is 0 Å². The number of rotatable bonds is 3. The number of nitrogens with one attached hydrogen (secondary N) is 1. The summed E-state index contributed by atoms with van der Waals surface area (Å²) in [5.74, 6) is 0.0393. The molecule has 1 unspecified atom stereocenters. The molecule has 0 aromatic carbocycles. The highest BCUT2D eigenvalue weighted by Crippen LogP contribution is 2.27. The Kier molecular flexibility index (Phi) is 3.51. The fourth-order valence-electron chi connectivity index (χ4n) is 2.73. The van der Waals surface area contributed by atoms with Gasteiger partial charge in [0, 0.05) is 51.5 Å². The lowest BCUT2D eigenvalue weighted by molar-refractivity contribution is -0.141. The predicted molar refractivity (Wildman–Crippen MR) is 67.3 cm³/mol. The Bertz CT molecular complexity index is 470. The number of piperazine rings is 3. The van der Waals surface area contributed by atoms with Gasteiger partial charge in [-0.2, -0.15) is 13.2 Å². The van der Waals surface area contributed by atoms with E-state index in [0.717, 1.165) is 45.0 Å². The second-order valence-corrected chi connectivity index (χ2v) is 5.13. The van der Waals surface area contributed by atoms with Crippen LogP contribution in [0.3, 0.4) is 0 Å².